The van der Waals surface area contributed by atoms with Crippen LogP contribution in [-0.2, 0) is 9.59 Å². The molecule has 2 aromatic carbocycles. The van der Waals surface area contributed by atoms with E-state index in [1.807, 2.05) is 0 Å². The molecule has 0 heterocycles. The lowest BCUT2D eigenvalue weighted by molar-refractivity contribution is -0.118. The number of phenols is 3. The summed E-state index contributed by atoms with van der Waals surface area (Å²) in [6, 6.07) is 7.65. The molecule has 0 saturated heterocycles. The third-order valence-electron chi connectivity index (χ3n) is 3.97. The first-order chi connectivity index (χ1) is 13.2. The molecule has 8 nitrogen and oxygen atoms in total. The summed E-state index contributed by atoms with van der Waals surface area (Å²) in [5.74, 6) is -1.68. The van der Waals surface area contributed by atoms with Crippen LogP contribution < -0.4 is 16.4 Å². The van der Waals surface area contributed by atoms with Gasteiger partial charge in [0.2, 0.25) is 11.8 Å². The first-order valence-corrected chi connectivity index (χ1v) is 8.58. The van der Waals surface area contributed by atoms with Crippen molar-refractivity contribution in [3.05, 3.63) is 48.0 Å². The van der Waals surface area contributed by atoms with Gasteiger partial charge in [-0.3, -0.25) is 9.59 Å². The summed E-state index contributed by atoms with van der Waals surface area (Å²) in [5.41, 5.74) is 6.79. The highest BCUT2D eigenvalue weighted by atomic mass is 16.3. The molecule has 0 fully saturated rings. The molecule has 2 aromatic rings. The molecule has 0 aliphatic heterocycles. The maximum Gasteiger partial charge on any atom is 0.248 e. The van der Waals surface area contributed by atoms with E-state index in [-0.39, 0.29) is 28.9 Å². The molecule has 0 saturated carbocycles. The number of nitrogens with two attached hydrogens (primary N) is 1. The Kier molecular flexibility index (Phi) is 6.62. The summed E-state index contributed by atoms with van der Waals surface area (Å²) in [6.07, 6.45) is 2.70. The number of carbonyl (C=O) groups is 2. The number of phenolic OH excluding ortho intramolecular Hbond substituents is 3. The maximum atomic E-state index is 12.1. The van der Waals surface area contributed by atoms with Gasteiger partial charge in [0.25, 0.3) is 0 Å². The van der Waals surface area contributed by atoms with Gasteiger partial charge in [-0.2, -0.15) is 0 Å². The van der Waals surface area contributed by atoms with Crippen LogP contribution in [0.5, 0.6) is 17.2 Å². The second kappa shape index (κ2) is 8.92. The zero-order chi connectivity index (χ0) is 20.8. The van der Waals surface area contributed by atoms with Crippen molar-refractivity contribution >= 4 is 29.3 Å². The molecule has 148 valence electrons. The zero-order valence-electron chi connectivity index (χ0n) is 15.5. The molecule has 7 N–H and O–H groups in total. The van der Waals surface area contributed by atoms with Crippen LogP contribution in [0, 0.1) is 5.92 Å². The van der Waals surface area contributed by atoms with E-state index in [9.17, 15) is 24.9 Å². The summed E-state index contributed by atoms with van der Waals surface area (Å²) in [5, 5.41) is 33.8. The van der Waals surface area contributed by atoms with E-state index in [4.69, 9.17) is 5.73 Å². The minimum atomic E-state index is -0.734. The molecule has 28 heavy (non-hydrogen) atoms. The Morgan fingerprint density at radius 3 is 2.29 bits per heavy atom. The number of hydrogen-bond acceptors (Lipinski definition) is 6. The predicted octanol–water partition coefficient (Wildman–Crippen LogP) is 2.38. The van der Waals surface area contributed by atoms with Gasteiger partial charge in [0.05, 0.1) is 11.7 Å². The lowest BCUT2D eigenvalue weighted by Crippen LogP contribution is -2.39. The predicted molar refractivity (Wildman–Crippen MR) is 107 cm³/mol. The fraction of sp³-hybridized carbons (Fsp3) is 0.200. The normalized spacial score (nSPS) is 12.1. The van der Waals surface area contributed by atoms with Crippen LogP contribution in [0.4, 0.5) is 11.4 Å². The summed E-state index contributed by atoms with van der Waals surface area (Å²) in [6.45, 7) is 3.61. The van der Waals surface area contributed by atoms with Crippen molar-refractivity contribution in [1.29, 1.82) is 0 Å². The lowest BCUT2D eigenvalue weighted by atomic mass is 10.0. The standard InChI is InChI=1S/C20H23N3O5/c1-11(2)19(21)20(28)23-14-10-13(5-7-15(14)24)22-18(27)8-4-12-3-6-16(25)17(26)9-12/h3-11,19,24-26H,21H2,1-2H3,(H,22,27)(H,23,28)/b8-4+/t19-/m0/s1. The Hall–Kier alpha value is -3.52. The first-order valence-electron chi connectivity index (χ1n) is 8.58. The number of hydrogen-bond donors (Lipinski definition) is 6. The number of nitrogens with one attached hydrogen (secondary N) is 2. The van der Waals surface area contributed by atoms with Crippen LogP contribution in [-0.4, -0.2) is 33.2 Å². The van der Waals surface area contributed by atoms with Gasteiger partial charge in [0.15, 0.2) is 11.5 Å². The van der Waals surface area contributed by atoms with Gasteiger partial charge in [-0.05, 0) is 47.9 Å². The smallest absolute Gasteiger partial charge is 0.248 e. The zero-order valence-corrected chi connectivity index (χ0v) is 15.5. The van der Waals surface area contributed by atoms with E-state index in [1.54, 1.807) is 13.8 Å². The third-order valence-corrected chi connectivity index (χ3v) is 3.97. The van der Waals surface area contributed by atoms with Crippen molar-refractivity contribution in [2.75, 3.05) is 10.6 Å². The molecule has 0 aliphatic carbocycles. The molecule has 1 atom stereocenters. The van der Waals surface area contributed by atoms with Crippen molar-refractivity contribution in [1.82, 2.24) is 0 Å². The van der Waals surface area contributed by atoms with E-state index in [2.05, 4.69) is 10.6 Å². The van der Waals surface area contributed by atoms with Crippen LogP contribution >= 0.6 is 0 Å². The van der Waals surface area contributed by atoms with Crippen LogP contribution in [0.3, 0.4) is 0 Å². The van der Waals surface area contributed by atoms with Gasteiger partial charge < -0.3 is 31.7 Å². The van der Waals surface area contributed by atoms with E-state index >= 15 is 0 Å². The van der Waals surface area contributed by atoms with E-state index in [0.717, 1.165) is 0 Å². The second-order valence-electron chi connectivity index (χ2n) is 6.56. The van der Waals surface area contributed by atoms with Gasteiger partial charge in [-0.15, -0.1) is 0 Å². The Bertz CT molecular complexity index is 909. The molecule has 0 aliphatic rings. The number of benzene rings is 2. The fourth-order valence-corrected chi connectivity index (χ4v) is 2.23. The fourth-order valence-electron chi connectivity index (χ4n) is 2.23. The molecule has 2 rings (SSSR count). The SMILES string of the molecule is CC(C)[C@H](N)C(=O)Nc1cc(NC(=O)/C=C/c2ccc(O)c(O)c2)ccc1O. The average molecular weight is 385 g/mol. The Labute approximate surface area is 162 Å². The molecule has 0 spiro atoms. The molecular weight excluding hydrogens is 362 g/mol. The molecule has 2 amide bonds. The van der Waals surface area contributed by atoms with Gasteiger partial charge >= 0.3 is 0 Å². The van der Waals surface area contributed by atoms with Gasteiger partial charge in [0.1, 0.15) is 5.75 Å². The highest BCUT2D eigenvalue weighted by Crippen LogP contribution is 2.27. The molecule has 0 aromatic heterocycles. The molecule has 0 radical (unpaired) electrons. The van der Waals surface area contributed by atoms with Crippen molar-refractivity contribution in [3.63, 3.8) is 0 Å². The van der Waals surface area contributed by atoms with Gasteiger partial charge in [-0.25, -0.2) is 0 Å². The summed E-state index contributed by atoms with van der Waals surface area (Å²) in [7, 11) is 0. The minimum absolute atomic E-state index is 0.0745. The highest BCUT2D eigenvalue weighted by molar-refractivity contribution is 6.03. The topological polar surface area (TPSA) is 145 Å². The van der Waals surface area contributed by atoms with Crippen LogP contribution in [0.25, 0.3) is 6.08 Å². The molecule has 0 unspecified atom stereocenters. The second-order valence-corrected chi connectivity index (χ2v) is 6.56. The van der Waals surface area contributed by atoms with Crippen LogP contribution in [0.1, 0.15) is 19.4 Å². The Balaban J connectivity index is 2.07. The van der Waals surface area contributed by atoms with Crippen molar-refractivity contribution < 1.29 is 24.9 Å². The quantitative estimate of drug-likeness (QED) is 0.256. The minimum Gasteiger partial charge on any atom is -0.506 e. The highest BCUT2D eigenvalue weighted by Gasteiger charge is 2.18. The monoisotopic (exact) mass is 385 g/mol. The largest absolute Gasteiger partial charge is 0.506 e. The van der Waals surface area contributed by atoms with Crippen molar-refractivity contribution in [3.8, 4) is 17.2 Å². The summed E-state index contributed by atoms with van der Waals surface area (Å²) in [4.78, 5) is 24.1. The molecular formula is C20H23N3O5. The molecule has 8 heteroatoms. The number of aromatic hydroxyl groups is 3. The van der Waals surface area contributed by atoms with E-state index in [1.165, 1.54) is 48.6 Å². The Morgan fingerprint density at radius 1 is 0.964 bits per heavy atom. The van der Waals surface area contributed by atoms with Crippen molar-refractivity contribution in [2.24, 2.45) is 11.7 Å². The van der Waals surface area contributed by atoms with Gasteiger partial charge in [-0.1, -0.05) is 19.9 Å². The average Bonchev–Trinajstić information content (AvgIpc) is 2.64. The number of anilines is 2. The van der Waals surface area contributed by atoms with Crippen LogP contribution in [0.15, 0.2) is 42.5 Å². The van der Waals surface area contributed by atoms with E-state index in [0.29, 0.717) is 11.3 Å². The maximum absolute atomic E-state index is 12.1. The summed E-state index contributed by atoms with van der Waals surface area (Å²) < 4.78 is 0. The number of amides is 2. The third kappa shape index (κ3) is 5.49. The van der Waals surface area contributed by atoms with Gasteiger partial charge in [0, 0.05) is 11.8 Å². The lowest BCUT2D eigenvalue weighted by Gasteiger charge is -2.16. The van der Waals surface area contributed by atoms with Crippen LogP contribution in [0.2, 0.25) is 0 Å². The first kappa shape index (κ1) is 20.8. The number of carbonyl (C=O) groups excluding carboxylic acids is 2. The number of rotatable bonds is 6. The Morgan fingerprint density at radius 2 is 1.64 bits per heavy atom. The van der Waals surface area contributed by atoms with E-state index < -0.39 is 17.9 Å². The summed E-state index contributed by atoms with van der Waals surface area (Å²) >= 11 is 0. The molecule has 0 bridgehead atoms. The van der Waals surface area contributed by atoms with Crippen molar-refractivity contribution in [2.45, 2.75) is 19.9 Å².